The van der Waals surface area contributed by atoms with E-state index in [2.05, 4.69) is 5.32 Å². The molecule has 3 aromatic rings. The van der Waals surface area contributed by atoms with Gasteiger partial charge in [0.2, 0.25) is 0 Å². The molecule has 0 fully saturated rings. The molecule has 0 aliphatic rings. The summed E-state index contributed by atoms with van der Waals surface area (Å²) in [7, 11) is 0. The van der Waals surface area contributed by atoms with Crippen LogP contribution in [0.3, 0.4) is 0 Å². The molecule has 0 unspecified atom stereocenters. The number of para-hydroxylation sites is 1. The predicted molar refractivity (Wildman–Crippen MR) is 111 cm³/mol. The van der Waals surface area contributed by atoms with Crippen LogP contribution in [0.25, 0.3) is 0 Å². The first-order valence-corrected chi connectivity index (χ1v) is 9.15. The Bertz CT molecular complexity index is 1070. The number of benzene rings is 3. The van der Waals surface area contributed by atoms with Crippen LogP contribution >= 0.6 is 23.2 Å². The third-order valence-electron chi connectivity index (χ3n) is 4.07. The maximum Gasteiger partial charge on any atom is 0.337 e. The van der Waals surface area contributed by atoms with E-state index in [9.17, 15) is 14.7 Å². The van der Waals surface area contributed by atoms with E-state index in [0.717, 1.165) is 5.56 Å². The summed E-state index contributed by atoms with van der Waals surface area (Å²) in [5, 5.41) is 21.7. The van der Waals surface area contributed by atoms with Crippen LogP contribution in [-0.4, -0.2) is 22.2 Å². The summed E-state index contributed by atoms with van der Waals surface area (Å²) in [5.74, 6) is -1.75. The Balaban J connectivity index is 1.82. The Labute approximate surface area is 176 Å². The highest BCUT2D eigenvalue weighted by atomic mass is 35.5. The minimum Gasteiger partial charge on any atom is -0.487 e. The Kier molecular flexibility index (Phi) is 6.26. The van der Waals surface area contributed by atoms with Crippen LogP contribution in [0.4, 0.5) is 11.4 Å². The molecule has 3 aromatic carbocycles. The lowest BCUT2D eigenvalue weighted by Gasteiger charge is -2.16. The standard InChI is InChI=1S/C21H15Cl2NO5/c22-15-9-10-17(29-11-12-5-7-13(8-6-12)20(25)26)18(23)19(15)24-16-4-2-1-3-14(16)21(27)28/h1-10,24H,11H2,(H,25,26)(H,27,28). The van der Waals surface area contributed by atoms with Crippen molar-refractivity contribution in [3.05, 3.63) is 87.4 Å². The van der Waals surface area contributed by atoms with E-state index in [0.29, 0.717) is 22.1 Å². The highest BCUT2D eigenvalue weighted by Gasteiger charge is 2.16. The highest BCUT2D eigenvalue weighted by Crippen LogP contribution is 2.40. The van der Waals surface area contributed by atoms with Gasteiger partial charge in [0.05, 0.1) is 27.5 Å². The minimum absolute atomic E-state index is 0.0736. The van der Waals surface area contributed by atoms with Gasteiger partial charge in [-0.3, -0.25) is 0 Å². The molecule has 0 aliphatic heterocycles. The summed E-state index contributed by atoms with van der Waals surface area (Å²) < 4.78 is 5.74. The summed E-state index contributed by atoms with van der Waals surface area (Å²) in [4.78, 5) is 22.3. The van der Waals surface area contributed by atoms with E-state index < -0.39 is 11.9 Å². The van der Waals surface area contributed by atoms with Crippen LogP contribution < -0.4 is 10.1 Å². The number of hydrogen-bond donors (Lipinski definition) is 3. The molecule has 148 valence electrons. The monoisotopic (exact) mass is 431 g/mol. The zero-order valence-electron chi connectivity index (χ0n) is 14.9. The quantitative estimate of drug-likeness (QED) is 0.443. The van der Waals surface area contributed by atoms with E-state index in [4.69, 9.17) is 33.0 Å². The van der Waals surface area contributed by atoms with Gasteiger partial charge in [-0.05, 0) is 42.0 Å². The average Bonchev–Trinajstić information content (AvgIpc) is 2.71. The van der Waals surface area contributed by atoms with Gasteiger partial charge in [0, 0.05) is 0 Å². The number of aromatic carboxylic acids is 2. The fourth-order valence-electron chi connectivity index (χ4n) is 2.58. The summed E-state index contributed by atoms with van der Waals surface area (Å²) in [5.41, 5.74) is 1.67. The number of nitrogens with one attached hydrogen (secondary N) is 1. The van der Waals surface area contributed by atoms with Crippen molar-refractivity contribution in [2.45, 2.75) is 6.61 Å². The number of rotatable bonds is 7. The molecule has 29 heavy (non-hydrogen) atoms. The molecule has 0 atom stereocenters. The van der Waals surface area contributed by atoms with Crippen LogP contribution in [0.2, 0.25) is 10.0 Å². The number of anilines is 2. The summed E-state index contributed by atoms with van der Waals surface area (Å²) in [6, 6.07) is 15.8. The molecule has 8 heteroatoms. The maximum absolute atomic E-state index is 11.4. The van der Waals surface area contributed by atoms with Gasteiger partial charge < -0.3 is 20.3 Å². The molecule has 6 nitrogen and oxygen atoms in total. The van der Waals surface area contributed by atoms with Gasteiger partial charge in [-0.15, -0.1) is 0 Å². The van der Waals surface area contributed by atoms with Crippen LogP contribution in [0.1, 0.15) is 26.3 Å². The van der Waals surface area contributed by atoms with Crippen molar-refractivity contribution in [2.75, 3.05) is 5.32 Å². The number of halogens is 2. The second-order valence-corrected chi connectivity index (χ2v) is 6.79. The van der Waals surface area contributed by atoms with Crippen molar-refractivity contribution in [3.8, 4) is 5.75 Å². The average molecular weight is 432 g/mol. The first-order valence-electron chi connectivity index (χ1n) is 8.39. The fourth-order valence-corrected chi connectivity index (χ4v) is 3.10. The fraction of sp³-hybridized carbons (Fsp3) is 0.0476. The van der Waals surface area contributed by atoms with Gasteiger partial charge in [0.25, 0.3) is 0 Å². The SMILES string of the molecule is O=C(O)c1ccc(COc2ccc(Cl)c(Nc3ccccc3C(=O)O)c2Cl)cc1. The van der Waals surface area contributed by atoms with Crippen molar-refractivity contribution in [1.82, 2.24) is 0 Å². The van der Waals surface area contributed by atoms with E-state index in [1.807, 2.05) is 0 Å². The Morgan fingerprint density at radius 3 is 2.24 bits per heavy atom. The third-order valence-corrected chi connectivity index (χ3v) is 4.76. The molecule has 0 radical (unpaired) electrons. The number of carbonyl (C=O) groups is 2. The largest absolute Gasteiger partial charge is 0.487 e. The van der Waals surface area contributed by atoms with Crippen LogP contribution in [0, 0.1) is 0 Å². The van der Waals surface area contributed by atoms with E-state index >= 15 is 0 Å². The zero-order chi connectivity index (χ0) is 21.0. The van der Waals surface area contributed by atoms with E-state index in [-0.39, 0.29) is 22.8 Å². The molecule has 0 heterocycles. The summed E-state index contributed by atoms with van der Waals surface area (Å²) >= 11 is 12.7. The number of carboxylic acids is 2. The van der Waals surface area contributed by atoms with Gasteiger partial charge in [-0.2, -0.15) is 0 Å². The highest BCUT2D eigenvalue weighted by molar-refractivity contribution is 6.40. The van der Waals surface area contributed by atoms with Crippen molar-refractivity contribution in [2.24, 2.45) is 0 Å². The molecule has 3 rings (SSSR count). The molecule has 3 N–H and O–H groups in total. The van der Waals surface area contributed by atoms with Crippen LogP contribution in [-0.2, 0) is 6.61 Å². The van der Waals surface area contributed by atoms with Gasteiger partial charge in [0.15, 0.2) is 0 Å². The maximum atomic E-state index is 11.4. The Morgan fingerprint density at radius 2 is 1.59 bits per heavy atom. The summed E-state index contributed by atoms with van der Waals surface area (Å²) in [6.07, 6.45) is 0. The van der Waals surface area contributed by atoms with Gasteiger partial charge in [-0.1, -0.05) is 47.5 Å². The molecule has 0 aliphatic carbocycles. The molecule has 0 saturated carbocycles. The number of carboxylic acid groups (broad SMARTS) is 2. The first-order chi connectivity index (χ1) is 13.9. The van der Waals surface area contributed by atoms with Crippen LogP contribution in [0.15, 0.2) is 60.7 Å². The molecule has 0 amide bonds. The molecule has 0 spiro atoms. The molecule has 0 aromatic heterocycles. The Hall–Kier alpha value is -3.22. The molecular formula is C21H15Cl2NO5. The van der Waals surface area contributed by atoms with Crippen molar-refractivity contribution < 1.29 is 24.5 Å². The van der Waals surface area contributed by atoms with Crippen molar-refractivity contribution >= 4 is 46.5 Å². The van der Waals surface area contributed by atoms with Gasteiger partial charge >= 0.3 is 11.9 Å². The zero-order valence-corrected chi connectivity index (χ0v) is 16.4. The summed E-state index contributed by atoms with van der Waals surface area (Å²) in [6.45, 7) is 0.159. The molecule has 0 saturated heterocycles. The van der Waals surface area contributed by atoms with E-state index in [1.165, 1.54) is 18.2 Å². The Morgan fingerprint density at radius 1 is 0.897 bits per heavy atom. The smallest absolute Gasteiger partial charge is 0.337 e. The first kappa shape index (κ1) is 20.5. The topological polar surface area (TPSA) is 95.9 Å². The van der Waals surface area contributed by atoms with Crippen LogP contribution in [0.5, 0.6) is 5.75 Å². The second-order valence-electron chi connectivity index (χ2n) is 6.00. The lowest BCUT2D eigenvalue weighted by molar-refractivity contribution is 0.0686. The predicted octanol–water partition coefficient (Wildman–Crippen LogP) is 5.71. The molecular weight excluding hydrogens is 417 g/mol. The van der Waals surface area contributed by atoms with Gasteiger partial charge in [-0.25, -0.2) is 9.59 Å². The van der Waals surface area contributed by atoms with E-state index in [1.54, 1.807) is 42.5 Å². The lowest BCUT2D eigenvalue weighted by Crippen LogP contribution is -2.04. The second kappa shape index (κ2) is 8.86. The third kappa shape index (κ3) is 4.80. The molecule has 0 bridgehead atoms. The lowest BCUT2D eigenvalue weighted by atomic mass is 10.1. The van der Waals surface area contributed by atoms with Crippen molar-refractivity contribution in [1.29, 1.82) is 0 Å². The number of hydrogen-bond acceptors (Lipinski definition) is 4. The normalized spacial score (nSPS) is 10.4. The minimum atomic E-state index is -1.09. The van der Waals surface area contributed by atoms with Gasteiger partial charge in [0.1, 0.15) is 17.4 Å². The van der Waals surface area contributed by atoms with Crippen molar-refractivity contribution in [3.63, 3.8) is 0 Å². The number of ether oxygens (including phenoxy) is 1.